The second-order valence-corrected chi connectivity index (χ2v) is 4.71. The van der Waals surface area contributed by atoms with E-state index in [0.29, 0.717) is 28.4 Å². The molecule has 20 heavy (non-hydrogen) atoms. The SMILES string of the molecule is CO/C=C/C1=C(Cl)NCC=C1c1cc(F)c(C)c(F)c1. The highest BCUT2D eigenvalue weighted by Crippen LogP contribution is 2.31. The minimum absolute atomic E-state index is 0.00680. The highest BCUT2D eigenvalue weighted by Gasteiger charge is 2.17. The van der Waals surface area contributed by atoms with Crippen molar-refractivity contribution in [3.05, 3.63) is 64.0 Å². The maximum absolute atomic E-state index is 13.7. The van der Waals surface area contributed by atoms with E-state index in [1.54, 1.807) is 6.08 Å². The lowest BCUT2D eigenvalue weighted by molar-refractivity contribution is 0.338. The Kier molecular flexibility index (Phi) is 4.45. The molecule has 0 spiro atoms. The number of ether oxygens (including phenoxy) is 1. The maximum Gasteiger partial charge on any atom is 0.129 e. The van der Waals surface area contributed by atoms with Crippen molar-refractivity contribution in [3.63, 3.8) is 0 Å². The Labute approximate surface area is 121 Å². The van der Waals surface area contributed by atoms with Gasteiger partial charge in [-0.05, 0) is 36.3 Å². The van der Waals surface area contributed by atoms with Crippen LogP contribution in [0.2, 0.25) is 0 Å². The van der Waals surface area contributed by atoms with E-state index in [2.05, 4.69) is 5.32 Å². The van der Waals surface area contributed by atoms with Crippen LogP contribution in [-0.4, -0.2) is 13.7 Å². The van der Waals surface area contributed by atoms with Crippen molar-refractivity contribution in [1.29, 1.82) is 0 Å². The molecule has 106 valence electrons. The van der Waals surface area contributed by atoms with Gasteiger partial charge in [-0.25, -0.2) is 8.78 Å². The van der Waals surface area contributed by atoms with Crippen molar-refractivity contribution in [2.24, 2.45) is 0 Å². The Morgan fingerprint density at radius 3 is 2.55 bits per heavy atom. The van der Waals surface area contributed by atoms with Gasteiger partial charge in [0.25, 0.3) is 0 Å². The minimum atomic E-state index is -0.578. The Morgan fingerprint density at radius 1 is 1.30 bits per heavy atom. The van der Waals surface area contributed by atoms with Crippen LogP contribution in [0.25, 0.3) is 5.57 Å². The molecule has 5 heteroatoms. The molecule has 0 saturated heterocycles. The maximum atomic E-state index is 13.7. The van der Waals surface area contributed by atoms with Crippen LogP contribution in [0.1, 0.15) is 11.1 Å². The van der Waals surface area contributed by atoms with Crippen LogP contribution in [0.4, 0.5) is 8.78 Å². The zero-order chi connectivity index (χ0) is 14.7. The molecule has 1 aromatic rings. The quantitative estimate of drug-likeness (QED) is 0.675. The van der Waals surface area contributed by atoms with E-state index in [1.165, 1.54) is 32.4 Å². The predicted molar refractivity (Wildman–Crippen MR) is 76.1 cm³/mol. The Bertz CT molecular complexity index is 597. The molecule has 0 bridgehead atoms. The predicted octanol–water partition coefficient (Wildman–Crippen LogP) is 3.87. The number of methoxy groups -OCH3 is 1. The van der Waals surface area contributed by atoms with Crippen LogP contribution in [0, 0.1) is 18.6 Å². The van der Waals surface area contributed by atoms with Crippen LogP contribution in [0.5, 0.6) is 0 Å². The van der Waals surface area contributed by atoms with Gasteiger partial charge in [-0.15, -0.1) is 0 Å². The first-order valence-corrected chi connectivity index (χ1v) is 6.42. The third kappa shape index (κ3) is 2.85. The zero-order valence-electron chi connectivity index (χ0n) is 11.1. The fraction of sp³-hybridized carbons (Fsp3) is 0.200. The molecular formula is C15H14ClF2NO. The number of halogens is 3. The van der Waals surface area contributed by atoms with E-state index in [-0.39, 0.29) is 5.56 Å². The lowest BCUT2D eigenvalue weighted by atomic mass is 9.95. The number of benzene rings is 1. The van der Waals surface area contributed by atoms with Crippen LogP contribution < -0.4 is 5.32 Å². The molecule has 2 nitrogen and oxygen atoms in total. The third-order valence-electron chi connectivity index (χ3n) is 3.05. The van der Waals surface area contributed by atoms with Crippen molar-refractivity contribution in [3.8, 4) is 0 Å². The summed E-state index contributed by atoms with van der Waals surface area (Å²) in [6.07, 6.45) is 4.93. The summed E-state index contributed by atoms with van der Waals surface area (Å²) in [7, 11) is 1.51. The normalized spacial score (nSPS) is 15.3. The zero-order valence-corrected chi connectivity index (χ0v) is 11.9. The van der Waals surface area contributed by atoms with Gasteiger partial charge in [0, 0.05) is 17.7 Å². The van der Waals surface area contributed by atoms with Crippen LogP contribution in [0.15, 0.2) is 41.3 Å². The highest BCUT2D eigenvalue weighted by atomic mass is 35.5. The van der Waals surface area contributed by atoms with E-state index < -0.39 is 11.6 Å². The molecular weight excluding hydrogens is 284 g/mol. The standard InChI is InChI=1S/C15H14ClF2NO/c1-9-13(17)7-10(8-14(9)18)11-3-5-19-15(16)12(11)4-6-20-2/h3-4,6-8,19H,5H2,1-2H3/b6-4+. The molecule has 0 fully saturated rings. The largest absolute Gasteiger partial charge is 0.504 e. The summed E-state index contributed by atoms with van der Waals surface area (Å²) in [5, 5.41) is 3.37. The van der Waals surface area contributed by atoms with Crippen molar-refractivity contribution in [2.75, 3.05) is 13.7 Å². The molecule has 0 aliphatic carbocycles. The van der Waals surface area contributed by atoms with E-state index in [1.807, 2.05) is 6.08 Å². The number of allylic oxidation sites excluding steroid dienone is 3. The molecule has 0 radical (unpaired) electrons. The van der Waals surface area contributed by atoms with E-state index in [0.717, 1.165) is 0 Å². The number of dihydropyridines is 1. The number of rotatable bonds is 3. The molecule has 1 N–H and O–H groups in total. The first kappa shape index (κ1) is 14.6. The average molecular weight is 298 g/mol. The summed E-state index contributed by atoms with van der Waals surface area (Å²) >= 11 is 6.11. The van der Waals surface area contributed by atoms with Gasteiger partial charge in [0.15, 0.2) is 0 Å². The van der Waals surface area contributed by atoms with E-state index >= 15 is 0 Å². The van der Waals surface area contributed by atoms with Gasteiger partial charge in [-0.2, -0.15) is 0 Å². The average Bonchev–Trinajstić information content (AvgIpc) is 2.42. The second-order valence-electron chi connectivity index (χ2n) is 4.33. The number of hydrogen-bond donors (Lipinski definition) is 1. The van der Waals surface area contributed by atoms with Crippen molar-refractivity contribution < 1.29 is 13.5 Å². The number of hydrogen-bond acceptors (Lipinski definition) is 2. The smallest absolute Gasteiger partial charge is 0.129 e. The molecule has 0 saturated carbocycles. The molecule has 1 aliphatic heterocycles. The topological polar surface area (TPSA) is 21.3 Å². The summed E-state index contributed by atoms with van der Waals surface area (Å²) in [4.78, 5) is 0. The molecule has 1 aliphatic rings. The van der Waals surface area contributed by atoms with Gasteiger partial charge in [-0.1, -0.05) is 17.7 Å². The van der Waals surface area contributed by atoms with Gasteiger partial charge in [0.05, 0.1) is 13.4 Å². The molecule has 0 unspecified atom stereocenters. The van der Waals surface area contributed by atoms with Crippen molar-refractivity contribution in [1.82, 2.24) is 5.32 Å². The number of nitrogens with one attached hydrogen (secondary N) is 1. The molecule has 2 rings (SSSR count). The van der Waals surface area contributed by atoms with Crippen LogP contribution in [0.3, 0.4) is 0 Å². The molecule has 1 heterocycles. The lowest BCUT2D eigenvalue weighted by Gasteiger charge is -2.18. The minimum Gasteiger partial charge on any atom is -0.504 e. The first-order valence-electron chi connectivity index (χ1n) is 6.04. The van der Waals surface area contributed by atoms with Crippen molar-refractivity contribution in [2.45, 2.75) is 6.92 Å². The highest BCUT2D eigenvalue weighted by molar-refractivity contribution is 6.31. The molecule has 0 atom stereocenters. The summed E-state index contributed by atoms with van der Waals surface area (Å²) in [5.41, 5.74) is 1.75. The summed E-state index contributed by atoms with van der Waals surface area (Å²) < 4.78 is 32.3. The van der Waals surface area contributed by atoms with Crippen LogP contribution >= 0.6 is 11.6 Å². The van der Waals surface area contributed by atoms with Crippen molar-refractivity contribution >= 4 is 17.2 Å². The lowest BCUT2D eigenvalue weighted by Crippen LogP contribution is -2.16. The molecule has 0 aromatic heterocycles. The van der Waals surface area contributed by atoms with Gasteiger partial charge in [0.2, 0.25) is 0 Å². The van der Waals surface area contributed by atoms with Gasteiger partial charge >= 0.3 is 0 Å². The summed E-state index contributed by atoms with van der Waals surface area (Å²) in [6.45, 7) is 1.90. The fourth-order valence-electron chi connectivity index (χ4n) is 1.94. The Morgan fingerprint density at radius 2 is 1.95 bits per heavy atom. The molecule has 0 amide bonds. The third-order valence-corrected chi connectivity index (χ3v) is 3.39. The fourth-order valence-corrected chi connectivity index (χ4v) is 2.18. The summed E-state index contributed by atoms with van der Waals surface area (Å²) in [6, 6.07) is 2.61. The van der Waals surface area contributed by atoms with Crippen LogP contribution in [-0.2, 0) is 4.74 Å². The molecule has 1 aromatic carbocycles. The van der Waals surface area contributed by atoms with E-state index in [9.17, 15) is 8.78 Å². The second kappa shape index (κ2) is 6.09. The first-order chi connectivity index (χ1) is 9.54. The Balaban J connectivity index is 2.50. The van der Waals surface area contributed by atoms with Gasteiger partial charge in [0.1, 0.15) is 16.8 Å². The Hall–Kier alpha value is -1.81. The monoisotopic (exact) mass is 297 g/mol. The van der Waals surface area contributed by atoms with E-state index in [4.69, 9.17) is 16.3 Å². The van der Waals surface area contributed by atoms with Gasteiger partial charge in [-0.3, -0.25) is 0 Å². The van der Waals surface area contributed by atoms with Gasteiger partial charge < -0.3 is 10.1 Å². The summed E-state index contributed by atoms with van der Waals surface area (Å²) in [5.74, 6) is -1.16.